The van der Waals surface area contributed by atoms with Gasteiger partial charge in [-0.2, -0.15) is 0 Å². The Labute approximate surface area is 146 Å². The van der Waals surface area contributed by atoms with Crippen molar-refractivity contribution in [1.29, 1.82) is 0 Å². The highest BCUT2D eigenvalue weighted by molar-refractivity contribution is 9.10. The number of hydrogen-bond donors (Lipinski definition) is 1. The number of methoxy groups -OCH3 is 1. The lowest BCUT2D eigenvalue weighted by Crippen LogP contribution is -2.44. The van der Waals surface area contributed by atoms with Gasteiger partial charge in [-0.3, -0.25) is 18.7 Å². The number of fused-ring (bicyclic) bond motifs is 1. The first-order valence-electron chi connectivity index (χ1n) is 7.28. The van der Waals surface area contributed by atoms with Gasteiger partial charge < -0.3 is 10.1 Å². The van der Waals surface area contributed by atoms with E-state index in [1.807, 2.05) is 12.1 Å². The van der Waals surface area contributed by atoms with Gasteiger partial charge in [0.2, 0.25) is 5.91 Å². The first kappa shape index (κ1) is 16.5. The van der Waals surface area contributed by atoms with Crippen molar-refractivity contribution in [1.82, 2.24) is 9.13 Å². The van der Waals surface area contributed by atoms with Crippen LogP contribution in [0.15, 0.2) is 32.3 Å². The highest BCUT2D eigenvalue weighted by Gasteiger charge is 2.32. The van der Waals surface area contributed by atoms with Crippen LogP contribution in [0.3, 0.4) is 0 Å². The number of hydrogen-bond acceptors (Lipinski definition) is 4. The molecule has 1 aromatic heterocycles. The quantitative estimate of drug-likeness (QED) is 0.834. The van der Waals surface area contributed by atoms with E-state index in [0.717, 1.165) is 14.6 Å². The first-order chi connectivity index (χ1) is 11.3. The molecule has 1 aromatic carbocycles. The second-order valence-electron chi connectivity index (χ2n) is 5.67. The van der Waals surface area contributed by atoms with Crippen LogP contribution < -0.4 is 21.3 Å². The molecule has 2 heterocycles. The second kappa shape index (κ2) is 5.94. The summed E-state index contributed by atoms with van der Waals surface area (Å²) >= 11 is 3.42. The minimum Gasteiger partial charge on any atom is -0.496 e. The van der Waals surface area contributed by atoms with E-state index in [9.17, 15) is 14.4 Å². The fourth-order valence-electron chi connectivity index (χ4n) is 2.99. The lowest BCUT2D eigenvalue weighted by Gasteiger charge is -2.27. The van der Waals surface area contributed by atoms with Gasteiger partial charge >= 0.3 is 5.69 Å². The van der Waals surface area contributed by atoms with Crippen molar-refractivity contribution in [2.24, 2.45) is 14.1 Å². The van der Waals surface area contributed by atoms with Gasteiger partial charge in [0.15, 0.2) is 0 Å². The summed E-state index contributed by atoms with van der Waals surface area (Å²) in [6.45, 7) is 0. The molecular formula is C16H16BrN3O4. The van der Waals surface area contributed by atoms with Crippen LogP contribution in [-0.4, -0.2) is 22.2 Å². The zero-order chi connectivity index (χ0) is 17.6. The summed E-state index contributed by atoms with van der Waals surface area (Å²) in [6, 6.07) is 5.43. The molecule has 2 aromatic rings. The zero-order valence-corrected chi connectivity index (χ0v) is 15.0. The highest BCUT2D eigenvalue weighted by atomic mass is 79.9. The van der Waals surface area contributed by atoms with Crippen LogP contribution >= 0.6 is 15.9 Å². The number of nitrogens with one attached hydrogen (secondary N) is 1. The number of nitrogens with zero attached hydrogens (tertiary/aromatic N) is 2. The Morgan fingerprint density at radius 1 is 1.21 bits per heavy atom. The van der Waals surface area contributed by atoms with Crippen LogP contribution in [0.2, 0.25) is 0 Å². The van der Waals surface area contributed by atoms with Crippen molar-refractivity contribution < 1.29 is 9.53 Å². The molecule has 3 rings (SSSR count). The number of halogens is 1. The standard InChI is InChI=1S/C16H16BrN3O4/c1-19-14-13(15(22)20(2)16(19)23)9(7-12(21)18-14)8-4-5-11(24-3)10(17)6-8/h4-6,9H,7H2,1-3H3,(H,18,21)/t9-/m0/s1. The van der Waals surface area contributed by atoms with E-state index in [1.54, 1.807) is 13.2 Å². The smallest absolute Gasteiger partial charge is 0.332 e. The van der Waals surface area contributed by atoms with Gasteiger partial charge in [-0.15, -0.1) is 0 Å². The molecule has 1 atom stereocenters. The summed E-state index contributed by atoms with van der Waals surface area (Å²) in [5, 5.41) is 2.65. The predicted molar refractivity (Wildman–Crippen MR) is 92.7 cm³/mol. The van der Waals surface area contributed by atoms with Crippen LogP contribution in [-0.2, 0) is 18.9 Å². The van der Waals surface area contributed by atoms with E-state index >= 15 is 0 Å². The molecule has 0 saturated heterocycles. The maximum absolute atomic E-state index is 12.6. The minimum absolute atomic E-state index is 0.138. The lowest BCUT2D eigenvalue weighted by molar-refractivity contribution is -0.116. The lowest BCUT2D eigenvalue weighted by atomic mass is 9.86. The molecule has 1 N–H and O–H groups in total. The van der Waals surface area contributed by atoms with Gasteiger partial charge in [0.25, 0.3) is 5.56 Å². The van der Waals surface area contributed by atoms with Gasteiger partial charge in [0.05, 0.1) is 17.1 Å². The van der Waals surface area contributed by atoms with Crippen molar-refractivity contribution in [2.45, 2.75) is 12.3 Å². The summed E-state index contributed by atoms with van der Waals surface area (Å²) in [4.78, 5) is 36.9. The molecular weight excluding hydrogens is 378 g/mol. The summed E-state index contributed by atoms with van der Waals surface area (Å²) in [5.41, 5.74) is 0.339. The monoisotopic (exact) mass is 393 g/mol. The molecule has 0 fully saturated rings. The van der Waals surface area contributed by atoms with Crippen LogP contribution in [0.25, 0.3) is 0 Å². The molecule has 0 bridgehead atoms. The van der Waals surface area contributed by atoms with Gasteiger partial charge in [0, 0.05) is 26.4 Å². The third kappa shape index (κ3) is 2.47. The Balaban J connectivity index is 2.27. The van der Waals surface area contributed by atoms with Crippen molar-refractivity contribution in [3.8, 4) is 5.75 Å². The second-order valence-corrected chi connectivity index (χ2v) is 6.52. The molecule has 0 saturated carbocycles. The molecule has 7 nitrogen and oxygen atoms in total. The van der Waals surface area contributed by atoms with Crippen LogP contribution in [0.5, 0.6) is 5.75 Å². The predicted octanol–water partition coefficient (Wildman–Crippen LogP) is 1.33. The third-order valence-electron chi connectivity index (χ3n) is 4.27. The molecule has 0 aliphatic carbocycles. The van der Waals surface area contributed by atoms with Crippen molar-refractivity contribution in [2.75, 3.05) is 12.4 Å². The van der Waals surface area contributed by atoms with Crippen LogP contribution in [0.1, 0.15) is 23.5 Å². The Kier molecular flexibility index (Phi) is 4.08. The van der Waals surface area contributed by atoms with Crippen LogP contribution in [0.4, 0.5) is 5.82 Å². The fraction of sp³-hybridized carbons (Fsp3) is 0.312. The van der Waals surface area contributed by atoms with Crippen molar-refractivity contribution >= 4 is 27.7 Å². The van der Waals surface area contributed by atoms with E-state index in [0.29, 0.717) is 11.3 Å². The molecule has 126 valence electrons. The molecule has 24 heavy (non-hydrogen) atoms. The number of carbonyl (C=O) groups excluding carboxylic acids is 1. The van der Waals surface area contributed by atoms with E-state index in [2.05, 4.69) is 21.2 Å². The molecule has 0 spiro atoms. The number of anilines is 1. The molecule has 0 unspecified atom stereocenters. The maximum atomic E-state index is 12.6. The maximum Gasteiger partial charge on any atom is 0.332 e. The number of aromatic nitrogens is 2. The van der Waals surface area contributed by atoms with Crippen LogP contribution in [0, 0.1) is 0 Å². The molecule has 1 aliphatic rings. The average Bonchev–Trinajstić information content (AvgIpc) is 2.57. The summed E-state index contributed by atoms with van der Waals surface area (Å²) in [6.07, 6.45) is 0.138. The number of benzene rings is 1. The van der Waals surface area contributed by atoms with Crippen molar-refractivity contribution in [3.05, 3.63) is 54.6 Å². The topological polar surface area (TPSA) is 82.3 Å². The van der Waals surface area contributed by atoms with Gasteiger partial charge in [0.1, 0.15) is 11.6 Å². The summed E-state index contributed by atoms with van der Waals surface area (Å²) in [5.74, 6) is 0.257. The fourth-order valence-corrected chi connectivity index (χ4v) is 3.55. The number of ether oxygens (including phenoxy) is 1. The highest BCUT2D eigenvalue weighted by Crippen LogP contribution is 2.37. The molecule has 1 aliphatic heterocycles. The van der Waals surface area contributed by atoms with Gasteiger partial charge in [-0.05, 0) is 33.6 Å². The van der Waals surface area contributed by atoms with E-state index in [1.165, 1.54) is 18.7 Å². The van der Waals surface area contributed by atoms with E-state index in [4.69, 9.17) is 4.74 Å². The molecule has 1 amide bonds. The normalized spacial score (nSPS) is 16.5. The summed E-state index contributed by atoms with van der Waals surface area (Å²) < 4.78 is 8.30. The average molecular weight is 394 g/mol. The number of carbonyl (C=O) groups is 1. The SMILES string of the molecule is COc1ccc([C@@H]2CC(=O)Nc3c2c(=O)n(C)c(=O)n3C)cc1Br. The van der Waals surface area contributed by atoms with E-state index < -0.39 is 17.2 Å². The largest absolute Gasteiger partial charge is 0.496 e. The third-order valence-corrected chi connectivity index (χ3v) is 4.89. The first-order valence-corrected chi connectivity index (χ1v) is 8.07. The van der Waals surface area contributed by atoms with E-state index in [-0.39, 0.29) is 18.1 Å². The Morgan fingerprint density at radius 3 is 2.54 bits per heavy atom. The number of rotatable bonds is 2. The van der Waals surface area contributed by atoms with Crippen molar-refractivity contribution in [3.63, 3.8) is 0 Å². The Morgan fingerprint density at radius 2 is 1.92 bits per heavy atom. The van der Waals surface area contributed by atoms with Gasteiger partial charge in [-0.25, -0.2) is 4.79 Å². The Hall–Kier alpha value is -2.35. The molecule has 0 radical (unpaired) electrons. The minimum atomic E-state index is -0.476. The van der Waals surface area contributed by atoms with Gasteiger partial charge in [-0.1, -0.05) is 6.07 Å². The number of amides is 1. The zero-order valence-electron chi connectivity index (χ0n) is 13.4. The molecule has 8 heteroatoms. The Bertz CT molecular complexity index is 961. The summed E-state index contributed by atoms with van der Waals surface area (Å²) in [7, 11) is 4.53.